The van der Waals surface area contributed by atoms with E-state index in [1.807, 2.05) is 49.1 Å². The van der Waals surface area contributed by atoms with Crippen molar-refractivity contribution in [2.45, 2.75) is 38.1 Å². The molecule has 0 spiro atoms. The van der Waals surface area contributed by atoms with Crippen LogP contribution < -0.4 is 0 Å². The second kappa shape index (κ2) is 11.3. The molecule has 1 saturated heterocycles. The van der Waals surface area contributed by atoms with Crippen LogP contribution in [0.25, 0.3) is 0 Å². The van der Waals surface area contributed by atoms with Crippen LogP contribution in [0.4, 0.5) is 0 Å². The molecular weight excluding hydrogens is 446 g/mol. The van der Waals surface area contributed by atoms with Crippen LogP contribution in [-0.4, -0.2) is 67.7 Å². The summed E-state index contributed by atoms with van der Waals surface area (Å²) in [4.78, 5) is 17.2. The molecule has 0 radical (unpaired) electrons. The fourth-order valence-corrected chi connectivity index (χ4v) is 5.67. The molecule has 0 aromatic heterocycles. The third-order valence-corrected chi connectivity index (χ3v) is 8.21. The molecule has 0 aliphatic carbocycles. The van der Waals surface area contributed by atoms with Crippen LogP contribution in [0.1, 0.15) is 31.4 Å². The van der Waals surface area contributed by atoms with Crippen LogP contribution >= 0.6 is 11.6 Å². The molecule has 0 unspecified atom stereocenters. The third kappa shape index (κ3) is 6.32. The van der Waals surface area contributed by atoms with Gasteiger partial charge in [0, 0.05) is 57.3 Å². The van der Waals surface area contributed by atoms with Gasteiger partial charge in [-0.3, -0.25) is 9.69 Å². The highest BCUT2D eigenvalue weighted by atomic mass is 35.5. The highest BCUT2D eigenvalue weighted by molar-refractivity contribution is 7.89. The van der Waals surface area contributed by atoms with E-state index in [2.05, 4.69) is 11.0 Å². The monoisotopic (exact) mass is 477 g/mol. The highest BCUT2D eigenvalue weighted by Crippen LogP contribution is 2.18. The minimum atomic E-state index is -3.45. The Bertz CT molecular complexity index is 999. The Kier molecular flexibility index (Phi) is 8.71. The molecule has 8 heteroatoms. The van der Waals surface area contributed by atoms with Crippen molar-refractivity contribution in [2.75, 3.05) is 39.3 Å². The molecule has 3 rings (SSSR count). The van der Waals surface area contributed by atoms with Crippen LogP contribution in [0.15, 0.2) is 53.4 Å². The van der Waals surface area contributed by atoms with Gasteiger partial charge in [-0.15, -0.1) is 0 Å². The number of sulfonamides is 1. The summed E-state index contributed by atoms with van der Waals surface area (Å²) < 4.78 is 26.6. The molecule has 1 fully saturated rings. The standard InChI is InChI=1S/C24H32ClN3O3S/c1-3-28(4-2)32(30,31)23-11-8-20(9-12-23)10-13-24(29)27-16-14-26(15-17-27)19-21-6-5-7-22(25)18-21/h5-9,11-12,18H,3-4,10,13-17,19H2,1-2H3. The molecule has 2 aromatic rings. The predicted molar refractivity (Wildman–Crippen MR) is 128 cm³/mol. The lowest BCUT2D eigenvalue weighted by molar-refractivity contribution is -0.133. The van der Waals surface area contributed by atoms with Crippen molar-refractivity contribution in [2.24, 2.45) is 0 Å². The number of aryl methyl sites for hydroxylation is 1. The first-order chi connectivity index (χ1) is 15.3. The lowest BCUT2D eigenvalue weighted by Gasteiger charge is -2.35. The molecule has 32 heavy (non-hydrogen) atoms. The number of halogens is 1. The van der Waals surface area contributed by atoms with Crippen molar-refractivity contribution in [1.29, 1.82) is 0 Å². The van der Waals surface area contributed by atoms with Crippen LogP contribution in [0.2, 0.25) is 5.02 Å². The Labute approximate surface area is 196 Å². The maximum atomic E-state index is 12.7. The van der Waals surface area contributed by atoms with Gasteiger partial charge in [-0.05, 0) is 41.8 Å². The van der Waals surface area contributed by atoms with Crippen molar-refractivity contribution in [1.82, 2.24) is 14.1 Å². The minimum absolute atomic E-state index is 0.146. The SMILES string of the molecule is CCN(CC)S(=O)(=O)c1ccc(CCC(=O)N2CCN(Cc3cccc(Cl)c3)CC2)cc1. The van der Waals surface area contributed by atoms with Crippen molar-refractivity contribution in [3.8, 4) is 0 Å². The number of carbonyl (C=O) groups excluding carboxylic acids is 1. The summed E-state index contributed by atoms with van der Waals surface area (Å²) >= 11 is 6.07. The second-order valence-electron chi connectivity index (χ2n) is 8.02. The molecule has 1 heterocycles. The smallest absolute Gasteiger partial charge is 0.243 e. The highest BCUT2D eigenvalue weighted by Gasteiger charge is 2.22. The van der Waals surface area contributed by atoms with Crippen molar-refractivity contribution < 1.29 is 13.2 Å². The maximum Gasteiger partial charge on any atom is 0.243 e. The quantitative estimate of drug-likeness (QED) is 0.553. The molecule has 1 aliphatic rings. The Morgan fingerprint density at radius 2 is 1.62 bits per heavy atom. The molecule has 1 aliphatic heterocycles. The first-order valence-corrected chi connectivity index (χ1v) is 13.0. The van der Waals surface area contributed by atoms with Gasteiger partial charge in [0.15, 0.2) is 0 Å². The summed E-state index contributed by atoms with van der Waals surface area (Å²) in [6.45, 7) is 8.53. The van der Waals surface area contributed by atoms with Gasteiger partial charge in [-0.1, -0.05) is 49.7 Å². The third-order valence-electron chi connectivity index (χ3n) is 5.91. The van der Waals surface area contributed by atoms with Gasteiger partial charge in [-0.2, -0.15) is 4.31 Å². The van der Waals surface area contributed by atoms with Gasteiger partial charge in [0.05, 0.1) is 4.90 Å². The zero-order chi connectivity index (χ0) is 23.1. The number of rotatable bonds is 9. The molecule has 0 N–H and O–H groups in total. The molecule has 1 amide bonds. The number of carbonyl (C=O) groups is 1. The molecule has 174 valence electrons. The Morgan fingerprint density at radius 1 is 0.969 bits per heavy atom. The van der Waals surface area contributed by atoms with E-state index in [-0.39, 0.29) is 5.91 Å². The van der Waals surface area contributed by atoms with Crippen LogP contribution in [-0.2, 0) is 27.8 Å². The summed E-state index contributed by atoms with van der Waals surface area (Å²) in [7, 11) is -3.45. The van der Waals surface area contributed by atoms with Crippen LogP contribution in [0.3, 0.4) is 0 Å². The molecule has 0 atom stereocenters. The van der Waals surface area contributed by atoms with Crippen LogP contribution in [0.5, 0.6) is 0 Å². The molecule has 0 bridgehead atoms. The maximum absolute atomic E-state index is 12.7. The summed E-state index contributed by atoms with van der Waals surface area (Å²) in [5.74, 6) is 0.146. The predicted octanol–water partition coefficient (Wildman–Crippen LogP) is 3.65. The lowest BCUT2D eigenvalue weighted by atomic mass is 10.1. The first kappa shape index (κ1) is 24.7. The summed E-state index contributed by atoms with van der Waals surface area (Å²) in [5, 5.41) is 0.745. The number of nitrogens with zero attached hydrogens (tertiary/aromatic N) is 3. The fourth-order valence-electron chi connectivity index (χ4n) is 4.00. The average molecular weight is 478 g/mol. The van der Waals surface area contributed by atoms with E-state index in [9.17, 15) is 13.2 Å². The van der Waals surface area contributed by atoms with E-state index < -0.39 is 10.0 Å². The number of amides is 1. The average Bonchev–Trinajstić information content (AvgIpc) is 2.79. The summed E-state index contributed by atoms with van der Waals surface area (Å²) in [6.07, 6.45) is 1.03. The molecule has 0 saturated carbocycles. The van der Waals surface area contributed by atoms with E-state index >= 15 is 0 Å². The van der Waals surface area contributed by atoms with Gasteiger partial charge < -0.3 is 4.90 Å². The largest absolute Gasteiger partial charge is 0.340 e. The Hall–Kier alpha value is -1.93. The van der Waals surface area contributed by atoms with Gasteiger partial charge >= 0.3 is 0 Å². The number of hydrogen-bond acceptors (Lipinski definition) is 4. The Morgan fingerprint density at radius 3 is 2.22 bits per heavy atom. The van der Waals surface area contributed by atoms with Crippen molar-refractivity contribution >= 4 is 27.5 Å². The lowest BCUT2D eigenvalue weighted by Crippen LogP contribution is -2.48. The van der Waals surface area contributed by atoms with E-state index in [1.54, 1.807) is 12.1 Å². The van der Waals surface area contributed by atoms with Crippen molar-refractivity contribution in [3.05, 3.63) is 64.7 Å². The Balaban J connectivity index is 1.47. The zero-order valence-electron chi connectivity index (χ0n) is 18.8. The minimum Gasteiger partial charge on any atom is -0.340 e. The van der Waals surface area contributed by atoms with E-state index in [0.717, 1.165) is 43.3 Å². The molecule has 6 nitrogen and oxygen atoms in total. The van der Waals surface area contributed by atoms with Gasteiger partial charge in [0.1, 0.15) is 0 Å². The number of benzene rings is 2. The van der Waals surface area contributed by atoms with Gasteiger partial charge in [-0.25, -0.2) is 8.42 Å². The summed E-state index contributed by atoms with van der Waals surface area (Å²) in [5.41, 5.74) is 2.15. The molecular formula is C24H32ClN3O3S. The van der Waals surface area contributed by atoms with Gasteiger partial charge in [0.25, 0.3) is 0 Å². The summed E-state index contributed by atoms with van der Waals surface area (Å²) in [6, 6.07) is 14.8. The normalized spacial score (nSPS) is 15.3. The van der Waals surface area contributed by atoms with E-state index in [0.29, 0.717) is 30.8 Å². The number of piperazine rings is 1. The van der Waals surface area contributed by atoms with E-state index in [4.69, 9.17) is 11.6 Å². The fraction of sp³-hybridized carbons (Fsp3) is 0.458. The molecule has 2 aromatic carbocycles. The van der Waals surface area contributed by atoms with Crippen molar-refractivity contribution in [3.63, 3.8) is 0 Å². The first-order valence-electron chi connectivity index (χ1n) is 11.2. The number of hydrogen-bond donors (Lipinski definition) is 0. The van der Waals surface area contributed by atoms with Gasteiger partial charge in [0.2, 0.25) is 15.9 Å². The zero-order valence-corrected chi connectivity index (χ0v) is 20.4. The second-order valence-corrected chi connectivity index (χ2v) is 10.4. The van der Waals surface area contributed by atoms with Crippen LogP contribution in [0, 0.1) is 0 Å². The topological polar surface area (TPSA) is 60.9 Å². The van der Waals surface area contributed by atoms with E-state index in [1.165, 1.54) is 9.87 Å².